The Morgan fingerprint density at radius 3 is 2.70 bits per heavy atom. The molecule has 0 radical (unpaired) electrons. The molecule has 1 aromatic carbocycles. The van der Waals surface area contributed by atoms with Crippen LogP contribution in [0.15, 0.2) is 28.7 Å². The molecule has 0 aliphatic carbocycles. The summed E-state index contributed by atoms with van der Waals surface area (Å²) >= 11 is 0. The van der Waals surface area contributed by atoms with Crippen LogP contribution in [0.3, 0.4) is 0 Å². The normalized spacial score (nSPS) is 13.8. The first kappa shape index (κ1) is 14.8. The van der Waals surface area contributed by atoms with Crippen LogP contribution >= 0.6 is 0 Å². The Morgan fingerprint density at radius 2 is 2.05 bits per heavy atom. The van der Waals surface area contributed by atoms with Crippen molar-refractivity contribution in [1.29, 1.82) is 0 Å². The molecule has 3 nitrogen and oxygen atoms in total. The number of alkyl halides is 3. The van der Waals surface area contributed by atoms with Gasteiger partial charge in [-0.05, 0) is 31.3 Å². The zero-order valence-electron chi connectivity index (χ0n) is 10.6. The van der Waals surface area contributed by atoms with Crippen LogP contribution < -0.4 is 5.32 Å². The molecule has 1 unspecified atom stereocenters. The van der Waals surface area contributed by atoms with Crippen molar-refractivity contribution in [2.75, 3.05) is 20.3 Å². The van der Waals surface area contributed by atoms with Gasteiger partial charge in [0.15, 0.2) is 0 Å². The zero-order valence-corrected chi connectivity index (χ0v) is 10.6. The number of rotatable bonds is 5. The number of likely N-dealkylation sites (N-methyl/N-ethyl adjacent to an activating group) is 1. The third-order valence-electron chi connectivity index (χ3n) is 2.74. The van der Waals surface area contributed by atoms with E-state index >= 15 is 0 Å². The lowest BCUT2D eigenvalue weighted by atomic mass is 10.2. The van der Waals surface area contributed by atoms with Crippen molar-refractivity contribution in [3.8, 4) is 0 Å². The summed E-state index contributed by atoms with van der Waals surface area (Å²) in [5.74, 6) is -0.00514. The molecule has 0 amide bonds. The SMILES string of the molecule is CNC(COCC(F)(F)F)c1cc2cc(F)ccc2o1. The third-order valence-corrected chi connectivity index (χ3v) is 2.74. The van der Waals surface area contributed by atoms with Gasteiger partial charge >= 0.3 is 6.18 Å². The van der Waals surface area contributed by atoms with E-state index in [0.29, 0.717) is 16.7 Å². The molecule has 2 rings (SSSR count). The van der Waals surface area contributed by atoms with E-state index in [1.54, 1.807) is 13.1 Å². The minimum absolute atomic E-state index is 0.196. The monoisotopic (exact) mass is 291 g/mol. The molecule has 1 aromatic heterocycles. The maximum absolute atomic E-state index is 13.1. The number of halogens is 4. The third kappa shape index (κ3) is 3.71. The Hall–Kier alpha value is -1.60. The Bertz CT molecular complexity index is 579. The fourth-order valence-corrected chi connectivity index (χ4v) is 1.81. The van der Waals surface area contributed by atoms with Crippen LogP contribution in [0.4, 0.5) is 17.6 Å². The molecule has 20 heavy (non-hydrogen) atoms. The summed E-state index contributed by atoms with van der Waals surface area (Å²) in [6.07, 6.45) is -4.37. The lowest BCUT2D eigenvalue weighted by molar-refractivity contribution is -0.175. The second kappa shape index (κ2) is 5.80. The molecule has 0 fully saturated rings. The van der Waals surface area contributed by atoms with Gasteiger partial charge in [0.2, 0.25) is 0 Å². The van der Waals surface area contributed by atoms with Gasteiger partial charge in [0.1, 0.15) is 23.8 Å². The second-order valence-electron chi connectivity index (χ2n) is 4.30. The fraction of sp³-hybridized carbons (Fsp3) is 0.385. The van der Waals surface area contributed by atoms with Crippen LogP contribution in [-0.2, 0) is 4.74 Å². The largest absolute Gasteiger partial charge is 0.459 e. The Kier molecular flexibility index (Phi) is 4.29. The molecule has 0 saturated carbocycles. The molecule has 2 aromatic rings. The Balaban J connectivity index is 2.09. The molecule has 0 saturated heterocycles. The summed E-state index contributed by atoms with van der Waals surface area (Å²) in [6.45, 7) is -1.52. The van der Waals surface area contributed by atoms with Crippen molar-refractivity contribution >= 4 is 11.0 Å². The van der Waals surface area contributed by atoms with Gasteiger partial charge in [-0.25, -0.2) is 4.39 Å². The van der Waals surface area contributed by atoms with E-state index in [1.165, 1.54) is 18.2 Å². The molecule has 1 atom stereocenters. The molecule has 7 heteroatoms. The smallest absolute Gasteiger partial charge is 0.411 e. The van der Waals surface area contributed by atoms with Gasteiger partial charge in [0.25, 0.3) is 0 Å². The number of furan rings is 1. The van der Waals surface area contributed by atoms with Gasteiger partial charge in [0, 0.05) is 5.39 Å². The van der Waals surface area contributed by atoms with Crippen LogP contribution in [0.25, 0.3) is 11.0 Å². The van der Waals surface area contributed by atoms with E-state index in [0.717, 1.165) is 0 Å². The van der Waals surface area contributed by atoms with Crippen LogP contribution in [0.5, 0.6) is 0 Å². The summed E-state index contributed by atoms with van der Waals surface area (Å²) in [4.78, 5) is 0. The van der Waals surface area contributed by atoms with Crippen LogP contribution in [0.1, 0.15) is 11.8 Å². The van der Waals surface area contributed by atoms with Crippen molar-refractivity contribution in [3.63, 3.8) is 0 Å². The molecule has 0 aliphatic rings. The van der Waals surface area contributed by atoms with Crippen LogP contribution in [0.2, 0.25) is 0 Å². The first-order valence-corrected chi connectivity index (χ1v) is 5.90. The molecular formula is C13H13F4NO2. The number of hydrogen-bond acceptors (Lipinski definition) is 3. The maximum atomic E-state index is 13.1. The Morgan fingerprint density at radius 1 is 1.30 bits per heavy atom. The lowest BCUT2D eigenvalue weighted by Crippen LogP contribution is -2.25. The molecule has 0 spiro atoms. The van der Waals surface area contributed by atoms with Crippen molar-refractivity contribution < 1.29 is 26.7 Å². The van der Waals surface area contributed by atoms with E-state index in [-0.39, 0.29) is 6.61 Å². The number of ether oxygens (including phenoxy) is 1. The highest BCUT2D eigenvalue weighted by Gasteiger charge is 2.28. The number of nitrogens with one attached hydrogen (secondary N) is 1. The first-order valence-electron chi connectivity index (χ1n) is 5.90. The van der Waals surface area contributed by atoms with E-state index in [4.69, 9.17) is 4.42 Å². The van der Waals surface area contributed by atoms with Crippen molar-refractivity contribution in [2.24, 2.45) is 0 Å². The highest BCUT2D eigenvalue weighted by molar-refractivity contribution is 5.78. The highest BCUT2D eigenvalue weighted by atomic mass is 19.4. The molecule has 1 heterocycles. The van der Waals surface area contributed by atoms with Gasteiger partial charge in [-0.2, -0.15) is 13.2 Å². The van der Waals surface area contributed by atoms with Crippen LogP contribution in [0, 0.1) is 5.82 Å². The quantitative estimate of drug-likeness (QED) is 0.857. The van der Waals surface area contributed by atoms with Gasteiger partial charge in [-0.3, -0.25) is 0 Å². The van der Waals surface area contributed by atoms with Crippen LogP contribution in [-0.4, -0.2) is 26.4 Å². The van der Waals surface area contributed by atoms with Crippen molar-refractivity contribution in [3.05, 3.63) is 35.8 Å². The lowest BCUT2D eigenvalue weighted by Gasteiger charge is -2.14. The predicted octanol–water partition coefficient (Wildman–Crippen LogP) is 3.41. The minimum Gasteiger partial charge on any atom is -0.459 e. The summed E-state index contributed by atoms with van der Waals surface area (Å²) in [5.41, 5.74) is 0.470. The number of fused-ring (bicyclic) bond motifs is 1. The molecule has 1 N–H and O–H groups in total. The van der Waals surface area contributed by atoms with E-state index in [2.05, 4.69) is 10.1 Å². The van der Waals surface area contributed by atoms with E-state index in [1.807, 2.05) is 0 Å². The predicted molar refractivity (Wildman–Crippen MR) is 64.8 cm³/mol. The van der Waals surface area contributed by atoms with Gasteiger partial charge in [-0.15, -0.1) is 0 Å². The van der Waals surface area contributed by atoms with Gasteiger partial charge in [0.05, 0.1) is 12.6 Å². The fourth-order valence-electron chi connectivity index (χ4n) is 1.81. The minimum atomic E-state index is -4.37. The second-order valence-corrected chi connectivity index (χ2v) is 4.30. The topological polar surface area (TPSA) is 34.4 Å². The van der Waals surface area contributed by atoms with E-state index in [9.17, 15) is 17.6 Å². The van der Waals surface area contributed by atoms with Crippen molar-refractivity contribution in [2.45, 2.75) is 12.2 Å². The highest BCUT2D eigenvalue weighted by Crippen LogP contribution is 2.25. The maximum Gasteiger partial charge on any atom is 0.411 e. The zero-order chi connectivity index (χ0) is 14.8. The van der Waals surface area contributed by atoms with Crippen molar-refractivity contribution in [1.82, 2.24) is 5.32 Å². The average Bonchev–Trinajstić information content (AvgIpc) is 2.75. The summed E-state index contributed by atoms with van der Waals surface area (Å²) in [7, 11) is 1.58. The summed E-state index contributed by atoms with van der Waals surface area (Å²) in [6, 6.07) is 5.07. The summed E-state index contributed by atoms with van der Waals surface area (Å²) < 4.78 is 59.2. The number of benzene rings is 1. The van der Waals surface area contributed by atoms with E-state index < -0.39 is 24.6 Å². The standard InChI is InChI=1S/C13H13F4NO2/c1-18-10(6-19-7-13(15,16)17)12-5-8-4-9(14)2-3-11(8)20-12/h2-5,10,18H,6-7H2,1H3. The molecule has 0 bridgehead atoms. The Labute approximate surface area is 112 Å². The first-order chi connectivity index (χ1) is 9.39. The average molecular weight is 291 g/mol. The van der Waals surface area contributed by atoms with Gasteiger partial charge < -0.3 is 14.5 Å². The summed E-state index contributed by atoms with van der Waals surface area (Å²) in [5, 5.41) is 3.35. The molecule has 110 valence electrons. The number of hydrogen-bond donors (Lipinski definition) is 1. The molecule has 0 aliphatic heterocycles. The molecular weight excluding hydrogens is 278 g/mol. The van der Waals surface area contributed by atoms with Gasteiger partial charge in [-0.1, -0.05) is 0 Å².